The molecular weight excluding hydrogens is 334 g/mol. The highest BCUT2D eigenvalue weighted by Gasteiger charge is 2.26. The monoisotopic (exact) mass is 347 g/mol. The molecule has 19 heavy (non-hydrogen) atoms. The van der Waals surface area contributed by atoms with E-state index in [1.165, 1.54) is 6.07 Å². The maximum absolute atomic E-state index is 12.1. The largest absolute Gasteiger partial charge is 0.398 e. The third-order valence-electron chi connectivity index (χ3n) is 2.72. The van der Waals surface area contributed by atoms with Crippen LogP contribution < -0.4 is 15.8 Å². The lowest BCUT2D eigenvalue weighted by Gasteiger charge is -2.11. The summed E-state index contributed by atoms with van der Waals surface area (Å²) in [6.45, 7) is 1.64. The molecule has 0 bridgehead atoms. The summed E-state index contributed by atoms with van der Waals surface area (Å²) < 4.78 is 26.8. The Labute approximate surface area is 119 Å². The number of sulfonamides is 1. The van der Waals surface area contributed by atoms with Gasteiger partial charge in [-0.2, -0.15) is 0 Å². The van der Waals surface area contributed by atoms with Crippen molar-refractivity contribution in [2.24, 2.45) is 0 Å². The summed E-state index contributed by atoms with van der Waals surface area (Å²) in [4.78, 5) is 11.5. The van der Waals surface area contributed by atoms with Crippen LogP contribution in [0.2, 0.25) is 0 Å². The van der Waals surface area contributed by atoms with Gasteiger partial charge in [-0.15, -0.1) is 0 Å². The second kappa shape index (κ2) is 5.01. The fourth-order valence-corrected chi connectivity index (χ4v) is 3.21. The molecular formula is C11H14BrN3O3S. The molecule has 0 aromatic heterocycles. The SMILES string of the molecule is Cc1cc(Br)c(N)cc1S(=O)(=O)NC(=O)NC1CC1. The Morgan fingerprint density at radius 3 is 2.63 bits per heavy atom. The van der Waals surface area contributed by atoms with Crippen LogP contribution in [0.1, 0.15) is 18.4 Å². The van der Waals surface area contributed by atoms with Crippen molar-refractivity contribution in [1.29, 1.82) is 0 Å². The minimum Gasteiger partial charge on any atom is -0.398 e. The number of hydrogen-bond acceptors (Lipinski definition) is 4. The fourth-order valence-electron chi connectivity index (χ4n) is 1.58. The van der Waals surface area contributed by atoms with E-state index in [4.69, 9.17) is 5.73 Å². The third kappa shape index (κ3) is 3.38. The number of benzene rings is 1. The second-order valence-electron chi connectivity index (χ2n) is 4.49. The predicted octanol–water partition coefficient (Wildman–Crippen LogP) is 1.49. The molecule has 1 aliphatic carbocycles. The van der Waals surface area contributed by atoms with Crippen LogP contribution in [0.5, 0.6) is 0 Å². The summed E-state index contributed by atoms with van der Waals surface area (Å²) in [5.74, 6) is 0. The van der Waals surface area contributed by atoms with Gasteiger partial charge in [0.25, 0.3) is 10.0 Å². The first-order chi connectivity index (χ1) is 8.79. The molecule has 1 aromatic carbocycles. The van der Waals surface area contributed by atoms with Gasteiger partial charge in [0.2, 0.25) is 0 Å². The zero-order valence-electron chi connectivity index (χ0n) is 10.2. The number of urea groups is 1. The van der Waals surface area contributed by atoms with Crippen LogP contribution in [-0.4, -0.2) is 20.5 Å². The van der Waals surface area contributed by atoms with Crippen LogP contribution in [0.15, 0.2) is 21.5 Å². The fraction of sp³-hybridized carbons (Fsp3) is 0.364. The molecule has 1 aliphatic rings. The summed E-state index contributed by atoms with van der Waals surface area (Å²) >= 11 is 3.22. The van der Waals surface area contributed by atoms with E-state index in [-0.39, 0.29) is 10.9 Å². The Morgan fingerprint density at radius 2 is 2.05 bits per heavy atom. The van der Waals surface area contributed by atoms with Crippen molar-refractivity contribution < 1.29 is 13.2 Å². The van der Waals surface area contributed by atoms with Gasteiger partial charge in [-0.25, -0.2) is 17.9 Å². The quantitative estimate of drug-likeness (QED) is 0.721. The number of rotatable bonds is 3. The summed E-state index contributed by atoms with van der Waals surface area (Å²) in [5, 5.41) is 2.56. The molecule has 0 saturated heterocycles. The highest BCUT2D eigenvalue weighted by Crippen LogP contribution is 2.26. The van der Waals surface area contributed by atoms with Gasteiger partial charge in [0, 0.05) is 16.2 Å². The van der Waals surface area contributed by atoms with E-state index in [0.717, 1.165) is 12.8 Å². The number of carbonyl (C=O) groups excluding carboxylic acids is 1. The average Bonchev–Trinajstić information content (AvgIpc) is 3.05. The van der Waals surface area contributed by atoms with E-state index < -0.39 is 16.1 Å². The number of nitrogens with two attached hydrogens (primary N) is 1. The molecule has 0 spiro atoms. The molecule has 6 nitrogen and oxygen atoms in total. The van der Waals surface area contributed by atoms with Crippen molar-refractivity contribution in [3.63, 3.8) is 0 Å². The zero-order chi connectivity index (χ0) is 14.2. The van der Waals surface area contributed by atoms with Gasteiger partial charge >= 0.3 is 6.03 Å². The summed E-state index contributed by atoms with van der Waals surface area (Å²) in [6, 6.07) is 2.31. The van der Waals surface area contributed by atoms with Gasteiger partial charge in [-0.3, -0.25) is 0 Å². The molecule has 1 aromatic rings. The Kier molecular flexibility index (Phi) is 3.73. The Hall–Kier alpha value is -1.28. The molecule has 1 saturated carbocycles. The molecule has 8 heteroatoms. The summed E-state index contributed by atoms with van der Waals surface area (Å²) in [7, 11) is -3.91. The minimum atomic E-state index is -3.91. The van der Waals surface area contributed by atoms with E-state index >= 15 is 0 Å². The molecule has 2 rings (SSSR count). The van der Waals surface area contributed by atoms with Gasteiger partial charge in [0.05, 0.1) is 4.90 Å². The lowest BCUT2D eigenvalue weighted by atomic mass is 10.2. The first-order valence-electron chi connectivity index (χ1n) is 5.68. The Bertz CT molecular complexity index is 626. The van der Waals surface area contributed by atoms with Crippen LogP contribution in [-0.2, 0) is 10.0 Å². The number of nitrogens with one attached hydrogen (secondary N) is 2. The van der Waals surface area contributed by atoms with Gasteiger partial charge in [-0.05, 0) is 53.4 Å². The van der Waals surface area contributed by atoms with Gasteiger partial charge in [-0.1, -0.05) is 0 Å². The standard InChI is InChI=1S/C11H14BrN3O3S/c1-6-4-8(12)9(13)5-10(6)19(17,18)15-11(16)14-7-2-3-7/h4-5,7H,2-3,13H2,1H3,(H2,14,15,16). The number of aryl methyl sites for hydroxylation is 1. The molecule has 0 heterocycles. The summed E-state index contributed by atoms with van der Waals surface area (Å²) in [5.41, 5.74) is 6.47. The van der Waals surface area contributed by atoms with E-state index in [2.05, 4.69) is 21.2 Å². The molecule has 104 valence electrons. The Morgan fingerprint density at radius 1 is 1.42 bits per heavy atom. The molecule has 0 unspecified atom stereocenters. The first-order valence-corrected chi connectivity index (χ1v) is 7.96. The van der Waals surface area contributed by atoms with Crippen molar-refractivity contribution in [3.05, 3.63) is 22.2 Å². The highest BCUT2D eigenvalue weighted by molar-refractivity contribution is 9.10. The van der Waals surface area contributed by atoms with Crippen LogP contribution in [0, 0.1) is 6.92 Å². The summed E-state index contributed by atoms with van der Waals surface area (Å²) in [6.07, 6.45) is 1.77. The molecule has 2 amide bonds. The second-order valence-corrected chi connectivity index (χ2v) is 7.00. The minimum absolute atomic E-state index is 0.000790. The number of anilines is 1. The maximum atomic E-state index is 12.1. The van der Waals surface area contributed by atoms with Crippen molar-refractivity contribution in [2.75, 3.05) is 5.73 Å². The van der Waals surface area contributed by atoms with E-state index in [9.17, 15) is 13.2 Å². The molecule has 4 N–H and O–H groups in total. The number of amides is 2. The van der Waals surface area contributed by atoms with E-state index in [1.54, 1.807) is 13.0 Å². The van der Waals surface area contributed by atoms with Gasteiger partial charge < -0.3 is 11.1 Å². The normalized spacial score (nSPS) is 15.1. The lowest BCUT2D eigenvalue weighted by molar-refractivity contribution is 0.245. The highest BCUT2D eigenvalue weighted by atomic mass is 79.9. The zero-order valence-corrected chi connectivity index (χ0v) is 12.6. The first kappa shape index (κ1) is 14.1. The van der Waals surface area contributed by atoms with E-state index in [1.807, 2.05) is 4.72 Å². The lowest BCUT2D eigenvalue weighted by Crippen LogP contribution is -2.40. The smallest absolute Gasteiger partial charge is 0.328 e. The average molecular weight is 348 g/mol. The predicted molar refractivity (Wildman–Crippen MR) is 75.2 cm³/mol. The number of hydrogen-bond donors (Lipinski definition) is 3. The van der Waals surface area contributed by atoms with Crippen LogP contribution in [0.4, 0.5) is 10.5 Å². The van der Waals surface area contributed by atoms with Crippen molar-refractivity contribution in [1.82, 2.24) is 10.0 Å². The topological polar surface area (TPSA) is 101 Å². The third-order valence-corrected chi connectivity index (χ3v) is 4.88. The molecule has 0 aliphatic heterocycles. The molecule has 0 radical (unpaired) electrons. The van der Waals surface area contributed by atoms with Crippen LogP contribution >= 0.6 is 15.9 Å². The van der Waals surface area contributed by atoms with Crippen LogP contribution in [0.3, 0.4) is 0 Å². The Balaban J connectivity index is 2.23. The number of nitrogen functional groups attached to an aromatic ring is 1. The van der Waals surface area contributed by atoms with Crippen molar-refractivity contribution in [3.8, 4) is 0 Å². The number of carbonyl (C=O) groups is 1. The van der Waals surface area contributed by atoms with Crippen molar-refractivity contribution in [2.45, 2.75) is 30.7 Å². The maximum Gasteiger partial charge on any atom is 0.328 e. The number of halogens is 1. The molecule has 0 atom stereocenters. The van der Waals surface area contributed by atoms with Crippen LogP contribution in [0.25, 0.3) is 0 Å². The van der Waals surface area contributed by atoms with Gasteiger partial charge in [0.1, 0.15) is 0 Å². The van der Waals surface area contributed by atoms with E-state index in [0.29, 0.717) is 15.7 Å². The van der Waals surface area contributed by atoms with Crippen molar-refractivity contribution >= 4 is 37.7 Å². The molecule has 1 fully saturated rings. The van der Waals surface area contributed by atoms with Gasteiger partial charge in [0.15, 0.2) is 0 Å².